The number of carboxylic acid groups (broad SMARTS) is 1. The molecule has 7 heteroatoms. The van der Waals surface area contributed by atoms with Crippen molar-refractivity contribution in [3.05, 3.63) is 60.2 Å². The highest BCUT2D eigenvalue weighted by Gasteiger charge is 2.33. The lowest BCUT2D eigenvalue weighted by atomic mass is 10.2. The molecule has 1 saturated heterocycles. The molecule has 1 aliphatic heterocycles. The standard InChI is InChI=1S/C19H20N2O4S/c1-20(19(23)24)26-18-12-11-17(22)21(18)13-14-7-9-16(10-8-14)25-15-5-3-2-4-6-15/h2-10,18H,11-13H2,1H3,(H,23,24). The highest BCUT2D eigenvalue weighted by atomic mass is 32.2. The molecule has 2 aromatic rings. The number of likely N-dealkylation sites (tertiary alicyclic amines) is 1. The van der Waals surface area contributed by atoms with Crippen LogP contribution in [0.15, 0.2) is 54.6 Å². The van der Waals surface area contributed by atoms with E-state index in [0.29, 0.717) is 19.4 Å². The summed E-state index contributed by atoms with van der Waals surface area (Å²) >= 11 is 1.17. The van der Waals surface area contributed by atoms with E-state index in [1.165, 1.54) is 19.0 Å². The van der Waals surface area contributed by atoms with Gasteiger partial charge in [-0.1, -0.05) is 30.3 Å². The first-order valence-electron chi connectivity index (χ1n) is 8.27. The first kappa shape index (κ1) is 18.1. The van der Waals surface area contributed by atoms with Gasteiger partial charge in [-0.2, -0.15) is 0 Å². The van der Waals surface area contributed by atoms with Gasteiger partial charge in [0, 0.05) is 20.0 Å². The molecule has 0 aliphatic carbocycles. The summed E-state index contributed by atoms with van der Waals surface area (Å²) in [7, 11) is 1.49. The minimum Gasteiger partial charge on any atom is -0.464 e. The van der Waals surface area contributed by atoms with Crippen molar-refractivity contribution in [2.75, 3.05) is 7.05 Å². The van der Waals surface area contributed by atoms with E-state index in [0.717, 1.165) is 21.4 Å². The van der Waals surface area contributed by atoms with Gasteiger partial charge in [0.2, 0.25) is 5.91 Å². The number of benzene rings is 2. The van der Waals surface area contributed by atoms with Crippen molar-refractivity contribution in [1.29, 1.82) is 0 Å². The summed E-state index contributed by atoms with van der Waals surface area (Å²) in [4.78, 5) is 24.9. The first-order chi connectivity index (χ1) is 12.5. The van der Waals surface area contributed by atoms with Gasteiger partial charge in [-0.15, -0.1) is 0 Å². The van der Waals surface area contributed by atoms with Crippen LogP contribution in [0.25, 0.3) is 0 Å². The third-order valence-corrected chi connectivity index (χ3v) is 5.28. The Morgan fingerprint density at radius 1 is 1.19 bits per heavy atom. The van der Waals surface area contributed by atoms with Crippen LogP contribution in [-0.2, 0) is 11.3 Å². The highest BCUT2D eigenvalue weighted by Crippen LogP contribution is 2.31. The van der Waals surface area contributed by atoms with Gasteiger partial charge >= 0.3 is 6.09 Å². The molecule has 26 heavy (non-hydrogen) atoms. The molecule has 1 atom stereocenters. The molecular formula is C19H20N2O4S. The average Bonchev–Trinajstić information content (AvgIpc) is 2.97. The van der Waals surface area contributed by atoms with E-state index >= 15 is 0 Å². The van der Waals surface area contributed by atoms with Crippen LogP contribution in [0.2, 0.25) is 0 Å². The molecule has 0 bridgehead atoms. The van der Waals surface area contributed by atoms with Gasteiger partial charge in [-0.05, 0) is 48.2 Å². The second-order valence-electron chi connectivity index (χ2n) is 5.96. The van der Waals surface area contributed by atoms with Crippen molar-refractivity contribution in [3.63, 3.8) is 0 Å². The minimum absolute atomic E-state index is 0.0471. The Morgan fingerprint density at radius 2 is 1.85 bits per heavy atom. The van der Waals surface area contributed by atoms with Crippen LogP contribution >= 0.6 is 11.9 Å². The van der Waals surface area contributed by atoms with Crippen LogP contribution in [-0.4, -0.2) is 38.7 Å². The normalized spacial score (nSPS) is 16.6. The molecule has 0 saturated carbocycles. The maximum absolute atomic E-state index is 12.2. The molecule has 3 rings (SSSR count). The lowest BCUT2D eigenvalue weighted by molar-refractivity contribution is -0.128. The quantitative estimate of drug-likeness (QED) is 0.770. The predicted octanol–water partition coefficient (Wildman–Crippen LogP) is 4.19. The molecular weight excluding hydrogens is 352 g/mol. The largest absolute Gasteiger partial charge is 0.464 e. The number of hydrogen-bond donors (Lipinski definition) is 1. The number of carbonyl (C=O) groups excluding carboxylic acids is 1. The number of ether oxygens (including phenoxy) is 1. The molecule has 1 fully saturated rings. The van der Waals surface area contributed by atoms with Gasteiger partial charge in [-0.3, -0.25) is 9.10 Å². The van der Waals surface area contributed by atoms with Crippen molar-refractivity contribution in [2.45, 2.75) is 24.8 Å². The molecule has 1 N–H and O–H groups in total. The van der Waals surface area contributed by atoms with Crippen molar-refractivity contribution >= 4 is 23.9 Å². The first-order valence-corrected chi connectivity index (χ1v) is 9.11. The number of carbonyl (C=O) groups is 2. The van der Waals surface area contributed by atoms with Crippen LogP contribution in [0.1, 0.15) is 18.4 Å². The van der Waals surface area contributed by atoms with Gasteiger partial charge in [-0.25, -0.2) is 4.79 Å². The van der Waals surface area contributed by atoms with Crippen molar-refractivity contribution in [3.8, 4) is 11.5 Å². The van der Waals surface area contributed by atoms with Gasteiger partial charge in [0.05, 0.1) is 5.37 Å². The lowest BCUT2D eigenvalue weighted by Gasteiger charge is -2.26. The van der Waals surface area contributed by atoms with Crippen LogP contribution < -0.4 is 4.74 Å². The molecule has 136 valence electrons. The number of amides is 2. The summed E-state index contributed by atoms with van der Waals surface area (Å²) in [5.74, 6) is 1.54. The Hall–Kier alpha value is -2.67. The Kier molecular flexibility index (Phi) is 5.68. The Labute approximate surface area is 156 Å². The monoisotopic (exact) mass is 372 g/mol. The van der Waals surface area contributed by atoms with Crippen LogP contribution in [0.5, 0.6) is 11.5 Å². The third kappa shape index (κ3) is 4.49. The molecule has 2 amide bonds. The molecule has 2 aromatic carbocycles. The smallest absolute Gasteiger partial charge is 0.417 e. The number of rotatable bonds is 6. The minimum atomic E-state index is -1.02. The SMILES string of the molecule is CN(SC1CCC(=O)N1Cc1ccc(Oc2ccccc2)cc1)C(=O)O. The van der Waals surface area contributed by atoms with E-state index in [4.69, 9.17) is 9.84 Å². The van der Waals surface area contributed by atoms with Gasteiger partial charge < -0.3 is 14.7 Å². The van der Waals surface area contributed by atoms with E-state index in [2.05, 4.69) is 0 Å². The second kappa shape index (κ2) is 8.14. The molecule has 0 spiro atoms. The summed E-state index contributed by atoms with van der Waals surface area (Å²) in [5, 5.41) is 8.86. The van der Waals surface area contributed by atoms with Crippen molar-refractivity contribution in [1.82, 2.24) is 9.21 Å². The van der Waals surface area contributed by atoms with Gasteiger partial charge in [0.25, 0.3) is 0 Å². The summed E-state index contributed by atoms with van der Waals surface area (Å²) < 4.78 is 6.91. The van der Waals surface area contributed by atoms with Gasteiger partial charge in [0.15, 0.2) is 0 Å². The maximum Gasteiger partial charge on any atom is 0.417 e. The highest BCUT2D eigenvalue weighted by molar-refractivity contribution is 7.98. The molecule has 0 aromatic heterocycles. The van der Waals surface area contributed by atoms with Crippen LogP contribution in [0.4, 0.5) is 4.79 Å². The van der Waals surface area contributed by atoms with E-state index in [9.17, 15) is 9.59 Å². The Balaban J connectivity index is 1.63. The van der Waals surface area contributed by atoms with Crippen molar-refractivity contribution in [2.24, 2.45) is 0 Å². The fourth-order valence-electron chi connectivity index (χ4n) is 2.72. The van der Waals surface area contributed by atoms with Crippen LogP contribution in [0.3, 0.4) is 0 Å². The zero-order chi connectivity index (χ0) is 18.5. The zero-order valence-electron chi connectivity index (χ0n) is 14.4. The van der Waals surface area contributed by atoms with Crippen molar-refractivity contribution < 1.29 is 19.4 Å². The number of hydrogen-bond acceptors (Lipinski definition) is 4. The third-order valence-electron chi connectivity index (χ3n) is 4.08. The molecule has 1 aliphatic rings. The van der Waals surface area contributed by atoms with E-state index in [1.54, 1.807) is 4.90 Å². The summed E-state index contributed by atoms with van der Waals surface area (Å²) in [6.45, 7) is 0.454. The zero-order valence-corrected chi connectivity index (χ0v) is 15.2. The predicted molar refractivity (Wildman–Crippen MR) is 99.9 cm³/mol. The summed E-state index contributed by atoms with van der Waals surface area (Å²) in [5.41, 5.74) is 0.976. The summed E-state index contributed by atoms with van der Waals surface area (Å²) in [6, 6.07) is 17.1. The maximum atomic E-state index is 12.2. The molecule has 0 radical (unpaired) electrons. The molecule has 6 nitrogen and oxygen atoms in total. The van der Waals surface area contributed by atoms with Gasteiger partial charge in [0.1, 0.15) is 11.5 Å². The van der Waals surface area contributed by atoms with E-state index in [1.807, 2.05) is 54.6 Å². The fraction of sp³-hybridized carbons (Fsp3) is 0.263. The number of nitrogens with zero attached hydrogens (tertiary/aromatic N) is 2. The Bertz CT molecular complexity index is 767. The lowest BCUT2D eigenvalue weighted by Crippen LogP contribution is -2.33. The van der Waals surface area contributed by atoms with Crippen LogP contribution in [0, 0.1) is 0 Å². The fourth-order valence-corrected chi connectivity index (χ4v) is 3.70. The molecule has 1 heterocycles. The number of para-hydroxylation sites is 1. The van der Waals surface area contributed by atoms with E-state index < -0.39 is 6.09 Å². The van der Waals surface area contributed by atoms with E-state index in [-0.39, 0.29) is 11.3 Å². The molecule has 1 unspecified atom stereocenters. The topological polar surface area (TPSA) is 70.1 Å². The summed E-state index contributed by atoms with van der Waals surface area (Å²) in [6.07, 6.45) is 0.0770. The second-order valence-corrected chi connectivity index (χ2v) is 7.26. The Morgan fingerprint density at radius 3 is 2.50 bits per heavy atom. The average molecular weight is 372 g/mol.